The third kappa shape index (κ3) is 6.36. The molecule has 3 rings (SSSR count). The summed E-state index contributed by atoms with van der Waals surface area (Å²) < 4.78 is 11.0. The number of ether oxygens (including phenoxy) is 2. The van der Waals surface area contributed by atoms with E-state index in [9.17, 15) is 0 Å². The zero-order valence-corrected chi connectivity index (χ0v) is 18.5. The third-order valence-electron chi connectivity index (χ3n) is 5.23. The molecule has 0 saturated carbocycles. The van der Waals surface area contributed by atoms with E-state index in [0.717, 1.165) is 31.0 Å². The number of nitrogens with one attached hydrogen (secondary N) is 1. The summed E-state index contributed by atoms with van der Waals surface area (Å²) in [7, 11) is 1.69. The van der Waals surface area contributed by atoms with Crippen molar-refractivity contribution in [3.8, 4) is 11.5 Å². The molecular formula is C27H33NO2. The van der Waals surface area contributed by atoms with E-state index in [1.165, 1.54) is 22.3 Å². The van der Waals surface area contributed by atoms with Crippen LogP contribution in [0, 0.1) is 6.92 Å². The molecule has 1 N–H and O–H groups in total. The molecule has 0 radical (unpaired) electrons. The molecule has 0 aliphatic rings. The molecule has 1 atom stereocenters. The van der Waals surface area contributed by atoms with Crippen LogP contribution in [0.3, 0.4) is 0 Å². The summed E-state index contributed by atoms with van der Waals surface area (Å²) in [6.07, 6.45) is 1.22. The summed E-state index contributed by atoms with van der Waals surface area (Å²) in [5.41, 5.74) is 5.22. The first-order valence-electron chi connectivity index (χ1n) is 10.7. The number of hydrogen-bond donors (Lipinski definition) is 1. The van der Waals surface area contributed by atoms with Gasteiger partial charge in [-0.15, -0.1) is 0 Å². The van der Waals surface area contributed by atoms with Crippen molar-refractivity contribution < 1.29 is 9.47 Å². The quantitative estimate of drug-likeness (QED) is 0.415. The maximum Gasteiger partial charge on any atom is 0.119 e. The van der Waals surface area contributed by atoms with Gasteiger partial charge in [-0.25, -0.2) is 0 Å². The summed E-state index contributed by atoms with van der Waals surface area (Å²) in [6, 6.07) is 25.7. The van der Waals surface area contributed by atoms with E-state index >= 15 is 0 Å². The Hall–Kier alpha value is -2.78. The Labute approximate surface area is 181 Å². The van der Waals surface area contributed by atoms with Crippen LogP contribution in [-0.4, -0.2) is 19.8 Å². The lowest BCUT2D eigenvalue weighted by Gasteiger charge is -2.20. The maximum atomic E-state index is 5.81. The first-order valence-corrected chi connectivity index (χ1v) is 10.7. The zero-order valence-electron chi connectivity index (χ0n) is 18.5. The van der Waals surface area contributed by atoms with E-state index in [2.05, 4.69) is 86.8 Å². The third-order valence-corrected chi connectivity index (χ3v) is 5.23. The Bertz CT molecular complexity index is 884. The van der Waals surface area contributed by atoms with Gasteiger partial charge < -0.3 is 14.8 Å². The highest BCUT2D eigenvalue weighted by Gasteiger charge is 2.14. The van der Waals surface area contributed by atoms with Gasteiger partial charge in [0.25, 0.3) is 0 Å². The normalized spacial score (nSPS) is 12.0. The van der Waals surface area contributed by atoms with Gasteiger partial charge in [0.2, 0.25) is 0 Å². The fraction of sp³-hybridized carbons (Fsp3) is 0.333. The van der Waals surface area contributed by atoms with Crippen molar-refractivity contribution in [1.82, 2.24) is 5.32 Å². The Morgan fingerprint density at radius 1 is 0.767 bits per heavy atom. The highest BCUT2D eigenvalue weighted by molar-refractivity contribution is 5.37. The molecule has 3 aromatic carbocycles. The molecule has 30 heavy (non-hydrogen) atoms. The second kappa shape index (κ2) is 10.8. The average Bonchev–Trinajstić information content (AvgIpc) is 2.75. The molecule has 0 aromatic heterocycles. The van der Waals surface area contributed by atoms with Crippen LogP contribution in [0.4, 0.5) is 0 Å². The van der Waals surface area contributed by atoms with E-state index in [1.54, 1.807) is 7.11 Å². The molecule has 0 saturated heterocycles. The van der Waals surface area contributed by atoms with Crippen LogP contribution in [-0.2, 0) is 6.54 Å². The fourth-order valence-corrected chi connectivity index (χ4v) is 3.60. The van der Waals surface area contributed by atoms with Crippen LogP contribution in [0.1, 0.15) is 48.4 Å². The lowest BCUT2D eigenvalue weighted by molar-refractivity contribution is 0.242. The predicted molar refractivity (Wildman–Crippen MR) is 125 cm³/mol. The zero-order chi connectivity index (χ0) is 21.3. The largest absolute Gasteiger partial charge is 0.497 e. The van der Waals surface area contributed by atoms with Gasteiger partial charge in [-0.3, -0.25) is 0 Å². The molecule has 0 fully saturated rings. The van der Waals surface area contributed by atoms with Crippen LogP contribution in [0.25, 0.3) is 0 Å². The van der Waals surface area contributed by atoms with Gasteiger partial charge in [-0.1, -0.05) is 54.1 Å². The molecular weight excluding hydrogens is 370 g/mol. The van der Waals surface area contributed by atoms with Crippen LogP contribution in [0.15, 0.2) is 72.8 Å². The maximum absolute atomic E-state index is 5.81. The van der Waals surface area contributed by atoms with Gasteiger partial charge in [0.05, 0.1) is 13.2 Å². The molecule has 3 heteroatoms. The second-order valence-corrected chi connectivity index (χ2v) is 8.01. The lowest BCUT2D eigenvalue weighted by Crippen LogP contribution is -2.18. The molecule has 158 valence electrons. The summed E-state index contributed by atoms with van der Waals surface area (Å²) in [5.74, 6) is 2.17. The molecule has 0 amide bonds. The van der Waals surface area contributed by atoms with Crippen molar-refractivity contribution in [2.45, 2.75) is 45.8 Å². The van der Waals surface area contributed by atoms with Gasteiger partial charge in [0.15, 0.2) is 0 Å². The van der Waals surface area contributed by atoms with Crippen LogP contribution in [0.2, 0.25) is 0 Å². The van der Waals surface area contributed by atoms with E-state index in [0.29, 0.717) is 5.92 Å². The molecule has 3 aromatic rings. The Kier molecular flexibility index (Phi) is 7.92. The molecule has 0 aliphatic heterocycles. The Balaban J connectivity index is 1.66. The second-order valence-electron chi connectivity index (χ2n) is 8.01. The van der Waals surface area contributed by atoms with E-state index in [4.69, 9.17) is 9.47 Å². The summed E-state index contributed by atoms with van der Waals surface area (Å²) in [4.78, 5) is 0. The number of rotatable bonds is 10. The van der Waals surface area contributed by atoms with Gasteiger partial charge in [-0.05, 0) is 74.7 Å². The smallest absolute Gasteiger partial charge is 0.119 e. The Morgan fingerprint density at radius 3 is 1.90 bits per heavy atom. The van der Waals surface area contributed by atoms with Crippen molar-refractivity contribution >= 4 is 0 Å². The number of benzene rings is 3. The van der Waals surface area contributed by atoms with Crippen LogP contribution in [0.5, 0.6) is 11.5 Å². The van der Waals surface area contributed by atoms with Gasteiger partial charge in [0, 0.05) is 12.5 Å². The van der Waals surface area contributed by atoms with Crippen LogP contribution < -0.4 is 14.8 Å². The lowest BCUT2D eigenvalue weighted by atomic mass is 9.88. The van der Waals surface area contributed by atoms with Crippen molar-refractivity contribution in [3.05, 3.63) is 95.1 Å². The van der Waals surface area contributed by atoms with Gasteiger partial charge >= 0.3 is 0 Å². The minimum Gasteiger partial charge on any atom is -0.497 e. The highest BCUT2D eigenvalue weighted by atomic mass is 16.5. The predicted octanol–water partition coefficient (Wildman–Crippen LogP) is 6.10. The number of hydrogen-bond acceptors (Lipinski definition) is 3. The summed E-state index contributed by atoms with van der Waals surface area (Å²) in [6.45, 7) is 8.03. The standard InChI is InChI=1S/C27H33NO2/c1-20(2)30-26-15-11-24(12-16-26)27(23-9-5-21(3)6-10-23)17-18-28-19-22-7-13-25(29-4)14-8-22/h5-16,20,27-28H,17-19H2,1-4H3/t27-/m0/s1. The molecule has 0 bridgehead atoms. The SMILES string of the molecule is COc1ccc(CNCC[C@@H](c2ccc(C)cc2)c2ccc(OC(C)C)cc2)cc1. The monoisotopic (exact) mass is 403 g/mol. The van der Waals surface area contributed by atoms with Crippen molar-refractivity contribution in [2.75, 3.05) is 13.7 Å². The van der Waals surface area contributed by atoms with Crippen LogP contribution >= 0.6 is 0 Å². The van der Waals surface area contributed by atoms with Gasteiger partial charge in [0.1, 0.15) is 11.5 Å². The molecule has 3 nitrogen and oxygen atoms in total. The minimum absolute atomic E-state index is 0.186. The summed E-state index contributed by atoms with van der Waals surface area (Å²) in [5, 5.41) is 3.59. The average molecular weight is 404 g/mol. The van der Waals surface area contributed by atoms with E-state index < -0.39 is 0 Å². The number of methoxy groups -OCH3 is 1. The van der Waals surface area contributed by atoms with E-state index in [-0.39, 0.29) is 6.10 Å². The molecule has 0 spiro atoms. The molecule has 0 heterocycles. The van der Waals surface area contributed by atoms with Crippen molar-refractivity contribution in [1.29, 1.82) is 0 Å². The van der Waals surface area contributed by atoms with Crippen molar-refractivity contribution in [3.63, 3.8) is 0 Å². The minimum atomic E-state index is 0.186. The Morgan fingerprint density at radius 2 is 1.33 bits per heavy atom. The molecule has 0 unspecified atom stereocenters. The first kappa shape index (κ1) is 21.9. The fourth-order valence-electron chi connectivity index (χ4n) is 3.60. The van der Waals surface area contributed by atoms with E-state index in [1.807, 2.05) is 12.1 Å². The van der Waals surface area contributed by atoms with Crippen molar-refractivity contribution in [2.24, 2.45) is 0 Å². The summed E-state index contributed by atoms with van der Waals surface area (Å²) >= 11 is 0. The highest BCUT2D eigenvalue weighted by Crippen LogP contribution is 2.29. The number of aryl methyl sites for hydroxylation is 1. The molecule has 0 aliphatic carbocycles. The van der Waals surface area contributed by atoms with Gasteiger partial charge in [-0.2, -0.15) is 0 Å². The first-order chi connectivity index (χ1) is 14.5. The topological polar surface area (TPSA) is 30.5 Å².